The third kappa shape index (κ3) is 4.28. The predicted molar refractivity (Wildman–Crippen MR) is 103 cm³/mol. The molecule has 1 fully saturated rings. The summed E-state index contributed by atoms with van der Waals surface area (Å²) in [5, 5.41) is 3.24. The van der Waals surface area contributed by atoms with E-state index in [1.165, 1.54) is 0 Å². The molecule has 4 heterocycles. The minimum atomic E-state index is 0.320. The van der Waals surface area contributed by atoms with Crippen LogP contribution in [0.5, 0.6) is 0 Å². The number of aromatic nitrogens is 6. The van der Waals surface area contributed by atoms with Crippen LogP contribution in [0.15, 0.2) is 24.5 Å². The molecule has 0 bridgehead atoms. The number of hydrogen-bond donors (Lipinski definition) is 2. The van der Waals surface area contributed by atoms with Crippen LogP contribution in [0, 0.1) is 20.8 Å². The molecular formula is C19H24N8. The Morgan fingerprint density at radius 1 is 1.07 bits per heavy atom. The summed E-state index contributed by atoms with van der Waals surface area (Å²) in [6, 6.07) is 3.88. The summed E-state index contributed by atoms with van der Waals surface area (Å²) in [7, 11) is 0. The molecule has 0 saturated carbocycles. The number of anilines is 2. The second-order valence-corrected chi connectivity index (χ2v) is 7.11. The van der Waals surface area contributed by atoms with Crippen LogP contribution in [0.2, 0.25) is 0 Å². The van der Waals surface area contributed by atoms with Crippen LogP contribution >= 0.6 is 0 Å². The smallest absolute Gasteiger partial charge is 0.228 e. The van der Waals surface area contributed by atoms with E-state index in [-0.39, 0.29) is 0 Å². The van der Waals surface area contributed by atoms with Gasteiger partial charge in [0, 0.05) is 48.0 Å². The average Bonchev–Trinajstić information content (AvgIpc) is 3.26. The highest BCUT2D eigenvalue weighted by atomic mass is 15.2. The van der Waals surface area contributed by atoms with Crippen LogP contribution in [0.1, 0.15) is 41.1 Å². The van der Waals surface area contributed by atoms with Crippen molar-refractivity contribution in [1.82, 2.24) is 34.8 Å². The molecular weight excluding hydrogens is 340 g/mol. The topological polar surface area (TPSA) is 95.5 Å². The molecule has 3 aromatic heterocycles. The van der Waals surface area contributed by atoms with Gasteiger partial charge >= 0.3 is 0 Å². The second kappa shape index (κ2) is 7.40. The summed E-state index contributed by atoms with van der Waals surface area (Å²) < 4.78 is 0. The van der Waals surface area contributed by atoms with Crippen molar-refractivity contribution in [2.45, 2.75) is 39.7 Å². The lowest BCUT2D eigenvalue weighted by molar-refractivity contribution is 0.318. The first kappa shape index (κ1) is 17.5. The van der Waals surface area contributed by atoms with Gasteiger partial charge in [-0.15, -0.1) is 0 Å². The molecule has 1 aliphatic rings. The van der Waals surface area contributed by atoms with Crippen molar-refractivity contribution < 1.29 is 0 Å². The molecule has 1 atom stereocenters. The highest BCUT2D eigenvalue weighted by Gasteiger charge is 2.27. The van der Waals surface area contributed by atoms with E-state index in [2.05, 4.69) is 35.1 Å². The molecule has 0 amide bonds. The maximum atomic E-state index is 4.75. The molecule has 8 heteroatoms. The van der Waals surface area contributed by atoms with Crippen molar-refractivity contribution in [2.75, 3.05) is 18.4 Å². The summed E-state index contributed by atoms with van der Waals surface area (Å²) in [5.74, 6) is 3.51. The molecule has 1 aliphatic heterocycles. The lowest BCUT2D eigenvalue weighted by atomic mass is 10.1. The molecule has 27 heavy (non-hydrogen) atoms. The first-order valence-electron chi connectivity index (χ1n) is 9.20. The van der Waals surface area contributed by atoms with E-state index in [4.69, 9.17) is 4.98 Å². The number of nitrogens with zero attached hydrogens (tertiary/aromatic N) is 6. The van der Waals surface area contributed by atoms with Crippen molar-refractivity contribution in [1.29, 1.82) is 0 Å². The number of aryl methyl sites for hydroxylation is 3. The third-order valence-corrected chi connectivity index (χ3v) is 4.66. The Kier molecular flexibility index (Phi) is 4.81. The zero-order valence-electron chi connectivity index (χ0n) is 15.9. The fourth-order valence-corrected chi connectivity index (χ4v) is 3.52. The monoisotopic (exact) mass is 364 g/mol. The van der Waals surface area contributed by atoms with Crippen LogP contribution < -0.4 is 5.32 Å². The number of imidazole rings is 1. The standard InChI is InChI=1S/C19H24N8/c1-12-8-13(2)24-19(23-12)26-16-9-14(3)22-18(25-16)15-4-7-27(10-15)11-17-20-5-6-21-17/h5-6,8-9,15H,4,7,10-11H2,1-3H3,(H,20,21)(H,22,23,24,25,26)/t15-/m1/s1. The van der Waals surface area contributed by atoms with E-state index >= 15 is 0 Å². The highest BCUT2D eigenvalue weighted by Crippen LogP contribution is 2.27. The van der Waals surface area contributed by atoms with Gasteiger partial charge in [-0.05, 0) is 39.8 Å². The molecule has 1 saturated heterocycles. The Morgan fingerprint density at radius 3 is 2.59 bits per heavy atom. The van der Waals surface area contributed by atoms with Crippen molar-refractivity contribution in [3.8, 4) is 0 Å². The van der Waals surface area contributed by atoms with E-state index in [1.807, 2.05) is 39.1 Å². The highest BCUT2D eigenvalue weighted by molar-refractivity contribution is 5.48. The Bertz CT molecular complexity index is 901. The number of rotatable bonds is 5. The third-order valence-electron chi connectivity index (χ3n) is 4.66. The molecule has 0 radical (unpaired) electrons. The molecule has 0 aromatic carbocycles. The zero-order chi connectivity index (χ0) is 18.8. The van der Waals surface area contributed by atoms with Crippen LogP contribution in [-0.2, 0) is 6.54 Å². The van der Waals surface area contributed by atoms with E-state index in [1.54, 1.807) is 6.20 Å². The number of H-pyrrole nitrogens is 1. The lowest BCUT2D eigenvalue weighted by Crippen LogP contribution is -2.21. The van der Waals surface area contributed by atoms with Gasteiger partial charge in [-0.25, -0.2) is 24.9 Å². The SMILES string of the molecule is Cc1cc(C)nc(Nc2cc(C)nc([C@@H]3CCN(Cc4ncc[nH]4)C3)n2)n1. The van der Waals surface area contributed by atoms with Crippen molar-refractivity contribution in [3.05, 3.63) is 53.3 Å². The second-order valence-electron chi connectivity index (χ2n) is 7.11. The summed E-state index contributed by atoms with van der Waals surface area (Å²) in [6.07, 6.45) is 4.70. The Labute approximate surface area is 158 Å². The van der Waals surface area contributed by atoms with E-state index in [0.29, 0.717) is 11.9 Å². The van der Waals surface area contributed by atoms with Gasteiger partial charge in [-0.2, -0.15) is 0 Å². The fourth-order valence-electron chi connectivity index (χ4n) is 3.52. The van der Waals surface area contributed by atoms with Crippen LogP contribution in [0.3, 0.4) is 0 Å². The maximum Gasteiger partial charge on any atom is 0.228 e. The van der Waals surface area contributed by atoms with Gasteiger partial charge in [0.1, 0.15) is 17.5 Å². The van der Waals surface area contributed by atoms with Gasteiger partial charge in [-0.1, -0.05) is 0 Å². The molecule has 4 rings (SSSR count). The average molecular weight is 364 g/mol. The first-order valence-corrected chi connectivity index (χ1v) is 9.20. The number of hydrogen-bond acceptors (Lipinski definition) is 7. The van der Waals surface area contributed by atoms with Gasteiger partial charge in [0.2, 0.25) is 5.95 Å². The van der Waals surface area contributed by atoms with Crippen molar-refractivity contribution in [3.63, 3.8) is 0 Å². The predicted octanol–water partition coefficient (Wildman–Crippen LogP) is 2.65. The van der Waals surface area contributed by atoms with Crippen molar-refractivity contribution >= 4 is 11.8 Å². The van der Waals surface area contributed by atoms with Crippen molar-refractivity contribution in [2.24, 2.45) is 0 Å². The molecule has 0 aliphatic carbocycles. The number of nitrogens with one attached hydrogen (secondary N) is 2. The minimum absolute atomic E-state index is 0.320. The molecule has 8 nitrogen and oxygen atoms in total. The van der Waals surface area contributed by atoms with Crippen LogP contribution in [0.4, 0.5) is 11.8 Å². The normalized spacial score (nSPS) is 17.4. The Hall–Kier alpha value is -2.87. The molecule has 3 aromatic rings. The summed E-state index contributed by atoms with van der Waals surface area (Å²) in [5.41, 5.74) is 2.80. The van der Waals surface area contributed by atoms with Gasteiger partial charge in [0.05, 0.1) is 6.54 Å². The van der Waals surface area contributed by atoms with Gasteiger partial charge in [0.25, 0.3) is 0 Å². The number of aromatic amines is 1. The molecule has 140 valence electrons. The fraction of sp³-hybridized carbons (Fsp3) is 0.421. The van der Waals surface area contributed by atoms with E-state index in [9.17, 15) is 0 Å². The van der Waals surface area contributed by atoms with E-state index in [0.717, 1.165) is 60.6 Å². The van der Waals surface area contributed by atoms with E-state index < -0.39 is 0 Å². The summed E-state index contributed by atoms with van der Waals surface area (Å²) >= 11 is 0. The quantitative estimate of drug-likeness (QED) is 0.718. The molecule has 0 spiro atoms. The zero-order valence-corrected chi connectivity index (χ0v) is 15.9. The number of likely N-dealkylation sites (tertiary alicyclic amines) is 1. The van der Waals surface area contributed by atoms with Gasteiger partial charge in [0.15, 0.2) is 0 Å². The molecule has 2 N–H and O–H groups in total. The van der Waals surface area contributed by atoms with Crippen LogP contribution in [0.25, 0.3) is 0 Å². The minimum Gasteiger partial charge on any atom is -0.348 e. The van der Waals surface area contributed by atoms with Gasteiger partial charge < -0.3 is 10.3 Å². The summed E-state index contributed by atoms with van der Waals surface area (Å²) in [4.78, 5) is 28.2. The Morgan fingerprint density at radius 2 is 1.85 bits per heavy atom. The lowest BCUT2D eigenvalue weighted by Gasteiger charge is -2.15. The first-order chi connectivity index (χ1) is 13.0. The summed E-state index contributed by atoms with van der Waals surface area (Å²) in [6.45, 7) is 8.70. The Balaban J connectivity index is 1.49. The maximum absolute atomic E-state index is 4.75. The van der Waals surface area contributed by atoms with Gasteiger partial charge in [-0.3, -0.25) is 4.90 Å². The molecule has 0 unspecified atom stereocenters. The largest absolute Gasteiger partial charge is 0.348 e. The van der Waals surface area contributed by atoms with Crippen LogP contribution in [-0.4, -0.2) is 47.9 Å².